The van der Waals surface area contributed by atoms with Gasteiger partial charge in [-0.15, -0.1) is 0 Å². The summed E-state index contributed by atoms with van der Waals surface area (Å²) in [6.07, 6.45) is 8.44. The minimum Gasteiger partial charge on any atom is -0.496 e. The number of H-pyrrole nitrogens is 1. The topological polar surface area (TPSA) is 70.2 Å². The van der Waals surface area contributed by atoms with Gasteiger partial charge in [-0.05, 0) is 75.1 Å². The Morgan fingerprint density at radius 2 is 2.00 bits per heavy atom. The molecule has 162 valence electrons. The smallest absolute Gasteiger partial charge is 0.182 e. The van der Waals surface area contributed by atoms with E-state index in [2.05, 4.69) is 43.2 Å². The standard InChI is InChI=1S/C24H30N6O/c1-31-22-9-8-18(14-20(22)17-29-11-2-3-12-29)16-30-13-5-7-21(30)24-26-23(27-28-24)19-6-4-10-25-15-19/h4,6,8-10,14-15,21H,2-3,5,7,11-13,16-17H2,1H3,(H,26,27,28). The molecule has 2 aromatic heterocycles. The van der Waals surface area contributed by atoms with Crippen molar-refractivity contribution in [3.63, 3.8) is 0 Å². The van der Waals surface area contributed by atoms with Gasteiger partial charge in [0.05, 0.1) is 13.2 Å². The van der Waals surface area contributed by atoms with Crippen molar-refractivity contribution in [3.8, 4) is 17.1 Å². The fourth-order valence-corrected chi connectivity index (χ4v) is 4.84. The average molecular weight is 419 g/mol. The number of hydrogen-bond acceptors (Lipinski definition) is 6. The Balaban J connectivity index is 1.32. The van der Waals surface area contributed by atoms with E-state index in [1.54, 1.807) is 19.5 Å². The van der Waals surface area contributed by atoms with Gasteiger partial charge in [-0.3, -0.25) is 19.9 Å². The fourth-order valence-electron chi connectivity index (χ4n) is 4.84. The Labute approximate surface area is 183 Å². The van der Waals surface area contributed by atoms with Crippen LogP contribution in [0.2, 0.25) is 0 Å². The molecule has 3 aromatic rings. The van der Waals surface area contributed by atoms with E-state index in [0.717, 1.165) is 43.2 Å². The largest absolute Gasteiger partial charge is 0.496 e. The Morgan fingerprint density at radius 3 is 2.81 bits per heavy atom. The molecule has 2 aliphatic rings. The zero-order valence-electron chi connectivity index (χ0n) is 18.1. The monoisotopic (exact) mass is 418 g/mol. The molecule has 2 aliphatic heterocycles. The Morgan fingerprint density at radius 1 is 1.10 bits per heavy atom. The molecule has 1 atom stereocenters. The summed E-state index contributed by atoms with van der Waals surface area (Å²) in [6.45, 7) is 5.32. The summed E-state index contributed by atoms with van der Waals surface area (Å²) in [5, 5.41) is 7.62. The first kappa shape index (κ1) is 20.2. The fraction of sp³-hybridized carbons (Fsp3) is 0.458. The summed E-state index contributed by atoms with van der Waals surface area (Å²) in [4.78, 5) is 14.0. The van der Waals surface area contributed by atoms with Crippen molar-refractivity contribution < 1.29 is 4.74 Å². The lowest BCUT2D eigenvalue weighted by Crippen LogP contribution is -2.24. The van der Waals surface area contributed by atoms with Crippen molar-refractivity contribution in [1.82, 2.24) is 30.0 Å². The number of nitrogens with one attached hydrogen (secondary N) is 1. The summed E-state index contributed by atoms with van der Waals surface area (Å²) >= 11 is 0. The summed E-state index contributed by atoms with van der Waals surface area (Å²) in [7, 11) is 1.77. The van der Waals surface area contributed by atoms with Gasteiger partial charge in [0, 0.05) is 36.6 Å². The molecule has 0 amide bonds. The highest BCUT2D eigenvalue weighted by Crippen LogP contribution is 2.33. The number of ether oxygens (including phenoxy) is 1. The second kappa shape index (κ2) is 9.16. The molecule has 0 aliphatic carbocycles. The van der Waals surface area contributed by atoms with Gasteiger partial charge < -0.3 is 4.74 Å². The van der Waals surface area contributed by atoms with Crippen molar-refractivity contribution in [2.45, 2.75) is 44.8 Å². The van der Waals surface area contributed by atoms with Crippen LogP contribution in [0.25, 0.3) is 11.4 Å². The van der Waals surface area contributed by atoms with Crippen LogP contribution in [0.15, 0.2) is 42.7 Å². The molecule has 1 N–H and O–H groups in total. The highest BCUT2D eigenvalue weighted by atomic mass is 16.5. The van der Waals surface area contributed by atoms with Gasteiger partial charge in [0.15, 0.2) is 5.82 Å². The Kier molecular flexibility index (Phi) is 5.95. The van der Waals surface area contributed by atoms with E-state index in [-0.39, 0.29) is 6.04 Å². The number of benzene rings is 1. The minimum absolute atomic E-state index is 0.266. The Hall–Kier alpha value is -2.77. The third-order valence-electron chi connectivity index (χ3n) is 6.42. The number of methoxy groups -OCH3 is 1. The van der Waals surface area contributed by atoms with Crippen LogP contribution in [-0.2, 0) is 13.1 Å². The van der Waals surface area contributed by atoms with Crippen LogP contribution in [0.4, 0.5) is 0 Å². The number of pyridine rings is 1. The summed E-state index contributed by atoms with van der Waals surface area (Å²) in [6, 6.07) is 10.8. The van der Waals surface area contributed by atoms with Gasteiger partial charge in [-0.25, -0.2) is 4.98 Å². The van der Waals surface area contributed by atoms with Crippen LogP contribution in [-0.4, -0.2) is 56.7 Å². The number of rotatable bonds is 7. The first-order chi connectivity index (χ1) is 15.3. The van der Waals surface area contributed by atoms with Crippen LogP contribution in [0.3, 0.4) is 0 Å². The van der Waals surface area contributed by atoms with E-state index >= 15 is 0 Å². The number of hydrogen-bond donors (Lipinski definition) is 1. The second-order valence-corrected chi connectivity index (χ2v) is 8.54. The SMILES string of the molecule is COc1ccc(CN2CCCC2c2nc(-c3cccnc3)n[nH]2)cc1CN1CCCC1. The van der Waals surface area contributed by atoms with Crippen molar-refractivity contribution in [3.05, 3.63) is 59.7 Å². The van der Waals surface area contributed by atoms with E-state index in [1.165, 1.54) is 43.5 Å². The van der Waals surface area contributed by atoms with Crippen molar-refractivity contribution >= 4 is 0 Å². The lowest BCUT2D eigenvalue weighted by molar-refractivity contribution is 0.240. The molecule has 0 spiro atoms. The zero-order chi connectivity index (χ0) is 21.0. The molecule has 0 bridgehead atoms. The van der Waals surface area contributed by atoms with E-state index in [1.807, 2.05) is 12.1 Å². The van der Waals surface area contributed by atoms with E-state index in [0.29, 0.717) is 5.82 Å². The zero-order valence-corrected chi connectivity index (χ0v) is 18.1. The van der Waals surface area contributed by atoms with Gasteiger partial charge in [-0.1, -0.05) is 6.07 Å². The van der Waals surface area contributed by atoms with Gasteiger partial charge in [0.1, 0.15) is 11.6 Å². The molecule has 31 heavy (non-hydrogen) atoms. The molecule has 0 saturated carbocycles. The van der Waals surface area contributed by atoms with Crippen LogP contribution in [0, 0.1) is 0 Å². The van der Waals surface area contributed by atoms with E-state index in [9.17, 15) is 0 Å². The van der Waals surface area contributed by atoms with Crippen molar-refractivity contribution in [2.75, 3.05) is 26.7 Å². The first-order valence-electron chi connectivity index (χ1n) is 11.2. The number of aromatic nitrogens is 4. The summed E-state index contributed by atoms with van der Waals surface area (Å²) in [5.41, 5.74) is 3.56. The predicted octanol–water partition coefficient (Wildman–Crippen LogP) is 3.81. The molecular formula is C24H30N6O. The molecule has 7 nitrogen and oxygen atoms in total. The first-order valence-corrected chi connectivity index (χ1v) is 11.2. The third kappa shape index (κ3) is 4.48. The molecule has 1 unspecified atom stereocenters. The predicted molar refractivity (Wildman–Crippen MR) is 120 cm³/mol. The maximum atomic E-state index is 5.65. The normalized spacial score (nSPS) is 19.8. The number of likely N-dealkylation sites (tertiary alicyclic amines) is 2. The number of nitrogens with zero attached hydrogens (tertiary/aromatic N) is 5. The molecule has 2 fully saturated rings. The molecular weight excluding hydrogens is 388 g/mol. The molecule has 7 heteroatoms. The molecule has 1 aromatic carbocycles. The lowest BCUT2D eigenvalue weighted by Gasteiger charge is -2.24. The Bertz CT molecular complexity index is 998. The average Bonchev–Trinajstić information content (AvgIpc) is 3.57. The molecule has 5 rings (SSSR count). The molecule has 2 saturated heterocycles. The van der Waals surface area contributed by atoms with Crippen LogP contribution in [0.1, 0.15) is 48.7 Å². The molecule has 0 radical (unpaired) electrons. The van der Waals surface area contributed by atoms with Crippen LogP contribution < -0.4 is 4.74 Å². The quantitative estimate of drug-likeness (QED) is 0.629. The maximum absolute atomic E-state index is 5.65. The van der Waals surface area contributed by atoms with Crippen molar-refractivity contribution in [1.29, 1.82) is 0 Å². The highest BCUT2D eigenvalue weighted by molar-refractivity contribution is 5.52. The van der Waals surface area contributed by atoms with Crippen molar-refractivity contribution in [2.24, 2.45) is 0 Å². The highest BCUT2D eigenvalue weighted by Gasteiger charge is 2.29. The third-order valence-corrected chi connectivity index (χ3v) is 6.42. The van der Waals surface area contributed by atoms with Crippen LogP contribution in [0.5, 0.6) is 5.75 Å². The van der Waals surface area contributed by atoms with E-state index in [4.69, 9.17) is 9.72 Å². The van der Waals surface area contributed by atoms with Gasteiger partial charge >= 0.3 is 0 Å². The minimum atomic E-state index is 0.266. The summed E-state index contributed by atoms with van der Waals surface area (Å²) < 4.78 is 5.65. The van der Waals surface area contributed by atoms with Gasteiger partial charge in [0.2, 0.25) is 0 Å². The second-order valence-electron chi connectivity index (χ2n) is 8.54. The maximum Gasteiger partial charge on any atom is 0.182 e. The van der Waals surface area contributed by atoms with Gasteiger partial charge in [-0.2, -0.15) is 5.10 Å². The van der Waals surface area contributed by atoms with Gasteiger partial charge in [0.25, 0.3) is 0 Å². The number of aromatic amines is 1. The summed E-state index contributed by atoms with van der Waals surface area (Å²) in [5.74, 6) is 2.65. The van der Waals surface area contributed by atoms with E-state index < -0.39 is 0 Å². The van der Waals surface area contributed by atoms with Crippen LogP contribution >= 0.6 is 0 Å². The lowest BCUT2D eigenvalue weighted by atomic mass is 10.1. The molecule has 4 heterocycles.